The van der Waals surface area contributed by atoms with Gasteiger partial charge in [0.25, 0.3) is 0 Å². The number of nitrogens with zero attached hydrogens (tertiary/aromatic N) is 1. The number of carbonyl (C=O) groups is 2. The molecular formula is C11H17N3O4. The number of hydrogen-bond acceptors (Lipinski definition) is 4. The van der Waals surface area contributed by atoms with Crippen molar-refractivity contribution >= 4 is 12.0 Å². The van der Waals surface area contributed by atoms with Gasteiger partial charge in [-0.3, -0.25) is 4.79 Å². The van der Waals surface area contributed by atoms with Gasteiger partial charge in [-0.2, -0.15) is 0 Å². The molecule has 1 atom stereocenters. The number of rotatable bonds is 7. The van der Waals surface area contributed by atoms with Crippen LogP contribution >= 0.6 is 0 Å². The Hall–Kier alpha value is -2.05. The SMILES string of the molecule is CC(CCCC(=O)O)NC(=O)NCc1ccon1. The molecule has 0 saturated heterocycles. The monoisotopic (exact) mass is 255 g/mol. The van der Waals surface area contributed by atoms with Crippen LogP contribution in [0.1, 0.15) is 31.9 Å². The summed E-state index contributed by atoms with van der Waals surface area (Å²) in [6, 6.07) is 1.29. The van der Waals surface area contributed by atoms with Gasteiger partial charge in [-0.25, -0.2) is 4.79 Å². The van der Waals surface area contributed by atoms with E-state index in [4.69, 9.17) is 5.11 Å². The molecule has 18 heavy (non-hydrogen) atoms. The maximum Gasteiger partial charge on any atom is 0.315 e. The Morgan fingerprint density at radius 1 is 1.56 bits per heavy atom. The molecule has 0 radical (unpaired) electrons. The fourth-order valence-corrected chi connectivity index (χ4v) is 1.41. The van der Waals surface area contributed by atoms with E-state index < -0.39 is 5.97 Å². The first kappa shape index (κ1) is 14.0. The van der Waals surface area contributed by atoms with Crippen molar-refractivity contribution in [2.45, 2.75) is 38.8 Å². The van der Waals surface area contributed by atoms with E-state index in [1.54, 1.807) is 6.07 Å². The lowest BCUT2D eigenvalue weighted by Gasteiger charge is -2.13. The van der Waals surface area contributed by atoms with Gasteiger partial charge in [-0.1, -0.05) is 5.16 Å². The number of nitrogens with one attached hydrogen (secondary N) is 2. The topological polar surface area (TPSA) is 104 Å². The summed E-state index contributed by atoms with van der Waals surface area (Å²) in [4.78, 5) is 21.8. The van der Waals surface area contributed by atoms with Gasteiger partial charge in [-0.15, -0.1) is 0 Å². The number of amides is 2. The maximum atomic E-state index is 11.4. The number of hydrogen-bond donors (Lipinski definition) is 3. The van der Waals surface area contributed by atoms with Crippen LogP contribution in [0, 0.1) is 0 Å². The Bertz CT molecular complexity index is 378. The van der Waals surface area contributed by atoms with E-state index in [9.17, 15) is 9.59 Å². The van der Waals surface area contributed by atoms with Gasteiger partial charge in [0.15, 0.2) is 0 Å². The standard InChI is InChI=1S/C11H17N3O4/c1-8(3-2-4-10(15)16)13-11(17)12-7-9-5-6-18-14-9/h5-6,8H,2-4,7H2,1H3,(H,15,16)(H2,12,13,17). The van der Waals surface area contributed by atoms with Crippen LogP contribution in [0.15, 0.2) is 16.9 Å². The van der Waals surface area contributed by atoms with Crippen LogP contribution in [0.2, 0.25) is 0 Å². The highest BCUT2D eigenvalue weighted by atomic mass is 16.5. The van der Waals surface area contributed by atoms with E-state index >= 15 is 0 Å². The van der Waals surface area contributed by atoms with E-state index in [0.29, 0.717) is 25.1 Å². The molecule has 7 heteroatoms. The van der Waals surface area contributed by atoms with Crippen molar-refractivity contribution in [2.75, 3.05) is 0 Å². The molecule has 1 rings (SSSR count). The second kappa shape index (κ2) is 7.31. The molecule has 0 spiro atoms. The number of urea groups is 1. The van der Waals surface area contributed by atoms with Crippen LogP contribution in [0.4, 0.5) is 4.79 Å². The largest absolute Gasteiger partial charge is 0.481 e. The first-order chi connectivity index (χ1) is 8.58. The smallest absolute Gasteiger partial charge is 0.315 e. The van der Waals surface area contributed by atoms with Crippen LogP contribution in [0.5, 0.6) is 0 Å². The van der Waals surface area contributed by atoms with Gasteiger partial charge in [-0.05, 0) is 19.8 Å². The Kier molecular flexibility index (Phi) is 5.69. The average molecular weight is 255 g/mol. The molecule has 0 fully saturated rings. The average Bonchev–Trinajstić information content (AvgIpc) is 2.78. The summed E-state index contributed by atoms with van der Waals surface area (Å²) in [5.41, 5.74) is 0.642. The number of aromatic nitrogens is 1. The zero-order chi connectivity index (χ0) is 13.4. The number of carbonyl (C=O) groups excluding carboxylic acids is 1. The normalized spacial score (nSPS) is 11.8. The molecule has 0 aromatic carbocycles. The highest BCUT2D eigenvalue weighted by Crippen LogP contribution is 2.00. The Balaban J connectivity index is 2.13. The fourth-order valence-electron chi connectivity index (χ4n) is 1.41. The van der Waals surface area contributed by atoms with Crippen LogP contribution < -0.4 is 10.6 Å². The lowest BCUT2D eigenvalue weighted by atomic mass is 10.1. The number of carboxylic acids is 1. The van der Waals surface area contributed by atoms with Gasteiger partial charge in [0.2, 0.25) is 0 Å². The minimum absolute atomic E-state index is 0.0679. The van der Waals surface area contributed by atoms with Crippen molar-refractivity contribution in [3.05, 3.63) is 18.0 Å². The van der Waals surface area contributed by atoms with Crippen molar-refractivity contribution in [1.29, 1.82) is 0 Å². The van der Waals surface area contributed by atoms with Crippen molar-refractivity contribution in [3.63, 3.8) is 0 Å². The molecule has 100 valence electrons. The van der Waals surface area contributed by atoms with Gasteiger partial charge >= 0.3 is 12.0 Å². The molecular weight excluding hydrogens is 238 g/mol. The maximum absolute atomic E-state index is 11.4. The summed E-state index contributed by atoms with van der Waals surface area (Å²) in [5, 5.41) is 17.5. The lowest BCUT2D eigenvalue weighted by Crippen LogP contribution is -2.40. The highest BCUT2D eigenvalue weighted by Gasteiger charge is 2.08. The molecule has 0 bridgehead atoms. The second-order valence-corrected chi connectivity index (χ2v) is 4.00. The van der Waals surface area contributed by atoms with Crippen molar-refractivity contribution in [3.8, 4) is 0 Å². The van der Waals surface area contributed by atoms with Gasteiger partial charge in [0, 0.05) is 18.5 Å². The summed E-state index contributed by atoms with van der Waals surface area (Å²) in [6.45, 7) is 2.13. The van der Waals surface area contributed by atoms with E-state index in [-0.39, 0.29) is 18.5 Å². The summed E-state index contributed by atoms with van der Waals surface area (Å²) >= 11 is 0. The summed E-state index contributed by atoms with van der Waals surface area (Å²) in [7, 11) is 0. The van der Waals surface area contributed by atoms with Gasteiger partial charge in [0.1, 0.15) is 12.0 Å². The summed E-state index contributed by atoms with van der Waals surface area (Å²) in [6.07, 6.45) is 2.72. The van der Waals surface area contributed by atoms with E-state index in [1.165, 1.54) is 6.26 Å². The van der Waals surface area contributed by atoms with Gasteiger partial charge in [0.05, 0.1) is 6.54 Å². The van der Waals surface area contributed by atoms with Gasteiger partial charge < -0.3 is 20.3 Å². The molecule has 1 unspecified atom stereocenters. The minimum Gasteiger partial charge on any atom is -0.481 e. The predicted octanol–water partition coefficient (Wildman–Crippen LogP) is 1.12. The molecule has 0 aliphatic heterocycles. The molecule has 1 aromatic rings. The van der Waals surface area contributed by atoms with E-state index in [2.05, 4.69) is 20.3 Å². The van der Waals surface area contributed by atoms with Crippen LogP contribution in [0.25, 0.3) is 0 Å². The van der Waals surface area contributed by atoms with Crippen LogP contribution in [-0.2, 0) is 11.3 Å². The van der Waals surface area contributed by atoms with E-state index in [0.717, 1.165) is 0 Å². The van der Waals surface area contributed by atoms with Crippen LogP contribution in [-0.4, -0.2) is 28.3 Å². The molecule has 1 heterocycles. The zero-order valence-electron chi connectivity index (χ0n) is 10.2. The quantitative estimate of drug-likeness (QED) is 0.677. The number of carboxylic acid groups (broad SMARTS) is 1. The molecule has 3 N–H and O–H groups in total. The third kappa shape index (κ3) is 5.88. The minimum atomic E-state index is -0.822. The van der Waals surface area contributed by atoms with Crippen LogP contribution in [0.3, 0.4) is 0 Å². The lowest BCUT2D eigenvalue weighted by molar-refractivity contribution is -0.137. The predicted molar refractivity (Wildman–Crippen MR) is 62.8 cm³/mol. The summed E-state index contributed by atoms with van der Waals surface area (Å²) < 4.78 is 4.63. The Morgan fingerprint density at radius 2 is 2.33 bits per heavy atom. The van der Waals surface area contributed by atoms with Crippen molar-refractivity contribution < 1.29 is 19.2 Å². The molecule has 0 aliphatic carbocycles. The highest BCUT2D eigenvalue weighted by molar-refractivity contribution is 5.74. The molecule has 0 saturated carbocycles. The summed E-state index contributed by atoms with van der Waals surface area (Å²) in [5.74, 6) is -0.822. The molecule has 2 amide bonds. The van der Waals surface area contributed by atoms with Crippen molar-refractivity contribution in [1.82, 2.24) is 15.8 Å². The first-order valence-corrected chi connectivity index (χ1v) is 5.73. The number of aliphatic carboxylic acids is 1. The second-order valence-electron chi connectivity index (χ2n) is 4.00. The molecule has 7 nitrogen and oxygen atoms in total. The Morgan fingerprint density at radius 3 is 2.94 bits per heavy atom. The van der Waals surface area contributed by atoms with E-state index in [1.807, 2.05) is 6.92 Å². The zero-order valence-corrected chi connectivity index (χ0v) is 10.2. The first-order valence-electron chi connectivity index (χ1n) is 5.73. The fraction of sp³-hybridized carbons (Fsp3) is 0.545. The molecule has 1 aromatic heterocycles. The third-order valence-electron chi connectivity index (χ3n) is 2.33. The third-order valence-corrected chi connectivity index (χ3v) is 2.33. The van der Waals surface area contributed by atoms with Crippen molar-refractivity contribution in [2.24, 2.45) is 0 Å². The Labute approximate surface area is 105 Å². The molecule has 0 aliphatic rings.